The number of aryl methyl sites for hydroxylation is 2. The molecule has 0 radical (unpaired) electrons. The summed E-state index contributed by atoms with van der Waals surface area (Å²) in [5, 5.41) is 0. The second-order valence-electron chi connectivity index (χ2n) is 6.94. The summed E-state index contributed by atoms with van der Waals surface area (Å²) in [6.07, 6.45) is 3.04. The van der Waals surface area contributed by atoms with Crippen molar-refractivity contribution in [3.8, 4) is 0 Å². The highest BCUT2D eigenvalue weighted by Gasteiger charge is 2.30. The molecule has 0 spiro atoms. The SMILES string of the molecule is CN(C(=O)CS(=O)(=O)CCCc1ccccc1)[C@@H]1CCc2ccccc21. The topological polar surface area (TPSA) is 54.5 Å². The van der Waals surface area contributed by atoms with E-state index >= 15 is 0 Å². The van der Waals surface area contributed by atoms with Crippen LogP contribution in [0, 0.1) is 0 Å². The highest BCUT2D eigenvalue weighted by Crippen LogP contribution is 2.34. The summed E-state index contributed by atoms with van der Waals surface area (Å²) in [4.78, 5) is 14.1. The maximum Gasteiger partial charge on any atom is 0.238 e. The minimum atomic E-state index is -3.39. The van der Waals surface area contributed by atoms with Gasteiger partial charge >= 0.3 is 0 Å². The molecule has 138 valence electrons. The fourth-order valence-corrected chi connectivity index (χ4v) is 4.92. The Labute approximate surface area is 155 Å². The van der Waals surface area contributed by atoms with Gasteiger partial charge in [0.25, 0.3) is 0 Å². The van der Waals surface area contributed by atoms with Crippen LogP contribution >= 0.6 is 0 Å². The van der Waals surface area contributed by atoms with Crippen molar-refractivity contribution in [1.29, 1.82) is 0 Å². The van der Waals surface area contributed by atoms with Gasteiger partial charge in [0, 0.05) is 7.05 Å². The molecule has 0 saturated heterocycles. The number of sulfone groups is 1. The summed E-state index contributed by atoms with van der Waals surface area (Å²) in [6, 6.07) is 17.9. The fourth-order valence-electron chi connectivity index (χ4n) is 3.61. The monoisotopic (exact) mass is 371 g/mol. The van der Waals surface area contributed by atoms with E-state index in [4.69, 9.17) is 0 Å². The molecular formula is C21H25NO3S. The van der Waals surface area contributed by atoms with E-state index in [1.54, 1.807) is 11.9 Å². The minimum Gasteiger partial charge on any atom is -0.338 e. The summed E-state index contributed by atoms with van der Waals surface area (Å²) in [5.74, 6) is -0.675. The van der Waals surface area contributed by atoms with E-state index in [1.165, 1.54) is 5.56 Å². The maximum absolute atomic E-state index is 12.5. The van der Waals surface area contributed by atoms with E-state index in [1.807, 2.05) is 48.5 Å². The third-order valence-electron chi connectivity index (χ3n) is 5.07. The van der Waals surface area contributed by atoms with Crippen LogP contribution in [-0.4, -0.2) is 37.8 Å². The average Bonchev–Trinajstić information content (AvgIpc) is 3.05. The molecule has 1 amide bonds. The molecule has 1 atom stereocenters. The zero-order valence-corrected chi connectivity index (χ0v) is 15.9. The zero-order chi connectivity index (χ0) is 18.6. The average molecular weight is 372 g/mol. The molecule has 0 aromatic heterocycles. The van der Waals surface area contributed by atoms with Crippen molar-refractivity contribution >= 4 is 15.7 Å². The third-order valence-corrected chi connectivity index (χ3v) is 6.67. The van der Waals surface area contributed by atoms with Crippen LogP contribution in [0.15, 0.2) is 54.6 Å². The molecule has 2 aromatic carbocycles. The summed E-state index contributed by atoms with van der Waals surface area (Å²) < 4.78 is 24.7. The van der Waals surface area contributed by atoms with Gasteiger partial charge in [-0.2, -0.15) is 0 Å². The first-order chi connectivity index (χ1) is 12.5. The van der Waals surface area contributed by atoms with Gasteiger partial charge in [-0.1, -0.05) is 54.6 Å². The standard InChI is InChI=1S/C21H25NO3S/c1-22(20-14-13-18-11-5-6-12-19(18)20)21(23)16-26(24,25)15-7-10-17-8-3-2-4-9-17/h2-6,8-9,11-12,20H,7,10,13-16H2,1H3/t20-/m1/s1. The van der Waals surface area contributed by atoms with Crippen LogP contribution in [0.2, 0.25) is 0 Å². The van der Waals surface area contributed by atoms with E-state index < -0.39 is 15.6 Å². The second kappa shape index (κ2) is 8.04. The molecule has 4 nitrogen and oxygen atoms in total. The predicted molar refractivity (Wildman–Crippen MR) is 104 cm³/mol. The van der Waals surface area contributed by atoms with Crippen molar-refractivity contribution in [2.45, 2.75) is 31.7 Å². The molecular weight excluding hydrogens is 346 g/mol. The molecule has 1 aliphatic carbocycles. The Morgan fingerprint density at radius 2 is 1.77 bits per heavy atom. The van der Waals surface area contributed by atoms with E-state index in [-0.39, 0.29) is 17.7 Å². The Kier molecular flexibility index (Phi) is 5.77. The molecule has 0 saturated carbocycles. The van der Waals surface area contributed by atoms with E-state index in [0.717, 1.165) is 24.0 Å². The lowest BCUT2D eigenvalue weighted by molar-refractivity contribution is -0.129. The van der Waals surface area contributed by atoms with Crippen molar-refractivity contribution in [2.75, 3.05) is 18.6 Å². The van der Waals surface area contributed by atoms with Gasteiger partial charge in [-0.15, -0.1) is 0 Å². The molecule has 0 bridgehead atoms. The van der Waals surface area contributed by atoms with Gasteiger partial charge in [-0.05, 0) is 42.4 Å². The van der Waals surface area contributed by atoms with Gasteiger partial charge in [0.15, 0.2) is 9.84 Å². The number of hydrogen-bond acceptors (Lipinski definition) is 3. The molecule has 2 aromatic rings. The van der Waals surface area contributed by atoms with Crippen molar-refractivity contribution < 1.29 is 13.2 Å². The largest absolute Gasteiger partial charge is 0.338 e. The zero-order valence-electron chi connectivity index (χ0n) is 15.1. The molecule has 0 heterocycles. The fraction of sp³-hybridized carbons (Fsp3) is 0.381. The number of hydrogen-bond donors (Lipinski definition) is 0. The lowest BCUT2D eigenvalue weighted by Gasteiger charge is -2.25. The first-order valence-corrected chi connectivity index (χ1v) is 10.9. The van der Waals surface area contributed by atoms with Crippen molar-refractivity contribution in [3.63, 3.8) is 0 Å². The first-order valence-electron chi connectivity index (χ1n) is 9.04. The molecule has 0 aliphatic heterocycles. The van der Waals surface area contributed by atoms with E-state index in [0.29, 0.717) is 12.8 Å². The normalized spacial score (nSPS) is 16.3. The van der Waals surface area contributed by atoms with Crippen LogP contribution in [0.4, 0.5) is 0 Å². The van der Waals surface area contributed by atoms with Gasteiger partial charge < -0.3 is 4.90 Å². The third kappa shape index (κ3) is 4.52. The Morgan fingerprint density at radius 3 is 2.54 bits per heavy atom. The minimum absolute atomic E-state index is 0.0155. The molecule has 0 fully saturated rings. The molecule has 1 aliphatic rings. The highest BCUT2D eigenvalue weighted by molar-refractivity contribution is 7.92. The Balaban J connectivity index is 1.55. The van der Waals surface area contributed by atoms with Gasteiger partial charge in [0.05, 0.1) is 11.8 Å². The first kappa shape index (κ1) is 18.6. The number of carbonyl (C=O) groups is 1. The van der Waals surface area contributed by atoms with Crippen molar-refractivity contribution in [1.82, 2.24) is 4.90 Å². The molecule has 3 rings (SSSR count). The van der Waals surface area contributed by atoms with Gasteiger partial charge in [-0.25, -0.2) is 8.42 Å². The van der Waals surface area contributed by atoms with Crippen LogP contribution in [-0.2, 0) is 27.5 Å². The van der Waals surface area contributed by atoms with Gasteiger partial charge in [0.1, 0.15) is 5.75 Å². The quantitative estimate of drug-likeness (QED) is 0.751. The summed E-state index contributed by atoms with van der Waals surface area (Å²) in [6.45, 7) is 0. The number of rotatable bonds is 7. The van der Waals surface area contributed by atoms with Crippen LogP contribution < -0.4 is 0 Å². The Morgan fingerprint density at radius 1 is 1.08 bits per heavy atom. The number of amides is 1. The van der Waals surface area contributed by atoms with Gasteiger partial charge in [0.2, 0.25) is 5.91 Å². The molecule has 0 N–H and O–H groups in total. The Bertz CT molecular complexity index is 862. The maximum atomic E-state index is 12.5. The Hall–Kier alpha value is -2.14. The van der Waals surface area contributed by atoms with Crippen LogP contribution in [0.3, 0.4) is 0 Å². The van der Waals surface area contributed by atoms with Crippen LogP contribution in [0.1, 0.15) is 35.6 Å². The summed E-state index contributed by atoms with van der Waals surface area (Å²) in [5.41, 5.74) is 3.52. The number of benzene rings is 2. The molecule has 26 heavy (non-hydrogen) atoms. The molecule has 0 unspecified atom stereocenters. The number of carbonyl (C=O) groups excluding carboxylic acids is 1. The highest BCUT2D eigenvalue weighted by atomic mass is 32.2. The predicted octanol–water partition coefficient (Wildman–Crippen LogP) is 3.18. The second-order valence-corrected chi connectivity index (χ2v) is 9.12. The van der Waals surface area contributed by atoms with E-state index in [2.05, 4.69) is 6.07 Å². The number of fused-ring (bicyclic) bond motifs is 1. The van der Waals surface area contributed by atoms with Crippen molar-refractivity contribution in [3.05, 3.63) is 71.3 Å². The van der Waals surface area contributed by atoms with Crippen LogP contribution in [0.5, 0.6) is 0 Å². The lowest BCUT2D eigenvalue weighted by Crippen LogP contribution is -2.35. The smallest absolute Gasteiger partial charge is 0.238 e. The van der Waals surface area contributed by atoms with E-state index in [9.17, 15) is 13.2 Å². The summed E-state index contributed by atoms with van der Waals surface area (Å²) >= 11 is 0. The number of nitrogens with zero attached hydrogens (tertiary/aromatic N) is 1. The van der Waals surface area contributed by atoms with Gasteiger partial charge in [-0.3, -0.25) is 4.79 Å². The molecule has 5 heteroatoms. The van der Waals surface area contributed by atoms with Crippen LogP contribution in [0.25, 0.3) is 0 Å². The lowest BCUT2D eigenvalue weighted by atomic mass is 10.1. The van der Waals surface area contributed by atoms with Crippen molar-refractivity contribution in [2.24, 2.45) is 0 Å². The summed E-state index contributed by atoms with van der Waals surface area (Å²) in [7, 11) is -1.68.